The third-order valence-electron chi connectivity index (χ3n) is 2.75. The number of amides is 2. The summed E-state index contributed by atoms with van der Waals surface area (Å²) in [4.78, 5) is 11.6. The number of hydrogen-bond acceptors (Lipinski definition) is 2. The van der Waals surface area contributed by atoms with Crippen LogP contribution in [0.15, 0.2) is 18.2 Å². The van der Waals surface area contributed by atoms with E-state index >= 15 is 0 Å². The van der Waals surface area contributed by atoms with E-state index in [2.05, 4.69) is 10.6 Å². The topological polar surface area (TPSA) is 50.4 Å². The Kier molecular flexibility index (Phi) is 8.50. The van der Waals surface area contributed by atoms with Crippen LogP contribution in [0.1, 0.15) is 25.8 Å². The maximum Gasteiger partial charge on any atom is 0.314 e. The predicted octanol–water partition coefficient (Wildman–Crippen LogP) is 3.65. The number of carbonyl (C=O) groups is 1. The van der Waals surface area contributed by atoms with Gasteiger partial charge >= 0.3 is 6.03 Å². The molecule has 4 nitrogen and oxygen atoms in total. The van der Waals surface area contributed by atoms with Gasteiger partial charge in [-0.15, -0.1) is 0 Å². The van der Waals surface area contributed by atoms with Crippen LogP contribution in [0, 0.1) is 0 Å². The van der Waals surface area contributed by atoms with Crippen LogP contribution in [0.25, 0.3) is 0 Å². The molecule has 0 saturated carbocycles. The van der Waals surface area contributed by atoms with E-state index in [-0.39, 0.29) is 12.1 Å². The van der Waals surface area contributed by atoms with Gasteiger partial charge in [0.05, 0.1) is 6.10 Å². The molecule has 0 radical (unpaired) electrons. The monoisotopic (exact) mass is 332 g/mol. The molecule has 2 amide bonds. The van der Waals surface area contributed by atoms with Crippen molar-refractivity contribution in [3.05, 3.63) is 33.8 Å². The van der Waals surface area contributed by atoms with E-state index in [0.717, 1.165) is 12.0 Å². The number of rotatable bonds is 8. The molecule has 0 spiro atoms. The first-order valence-corrected chi connectivity index (χ1v) is 7.82. The van der Waals surface area contributed by atoms with Crippen LogP contribution in [-0.4, -0.2) is 31.8 Å². The molecule has 118 valence electrons. The van der Waals surface area contributed by atoms with Gasteiger partial charge in [0.2, 0.25) is 0 Å². The van der Waals surface area contributed by atoms with Crippen molar-refractivity contribution in [1.82, 2.24) is 10.6 Å². The minimum atomic E-state index is -0.176. The van der Waals surface area contributed by atoms with Gasteiger partial charge in [0.15, 0.2) is 0 Å². The van der Waals surface area contributed by atoms with Gasteiger partial charge in [-0.2, -0.15) is 0 Å². The summed E-state index contributed by atoms with van der Waals surface area (Å²) in [6, 6.07) is 5.18. The van der Waals surface area contributed by atoms with Crippen LogP contribution in [0.2, 0.25) is 10.0 Å². The fourth-order valence-corrected chi connectivity index (χ4v) is 2.19. The quantitative estimate of drug-likeness (QED) is 0.714. The zero-order valence-corrected chi connectivity index (χ0v) is 13.9. The first-order chi connectivity index (χ1) is 9.99. The number of ether oxygens (including phenoxy) is 1. The van der Waals surface area contributed by atoms with Crippen molar-refractivity contribution in [3.63, 3.8) is 0 Å². The van der Waals surface area contributed by atoms with Crippen LogP contribution in [0.5, 0.6) is 0 Å². The standard InChI is InChI=1S/C15H22Cl2N2O2/c1-11(2)21-9-3-7-18-15(20)19-8-6-12-4-5-13(16)10-14(12)17/h4-5,10-11H,3,6-9H2,1-2H3,(H2,18,19,20). The number of benzene rings is 1. The maximum absolute atomic E-state index is 11.6. The van der Waals surface area contributed by atoms with Crippen LogP contribution in [0.3, 0.4) is 0 Å². The van der Waals surface area contributed by atoms with E-state index in [0.29, 0.717) is 36.2 Å². The van der Waals surface area contributed by atoms with Gasteiger partial charge in [-0.05, 0) is 44.4 Å². The van der Waals surface area contributed by atoms with E-state index in [1.165, 1.54) is 0 Å². The summed E-state index contributed by atoms with van der Waals surface area (Å²) in [6.07, 6.45) is 1.69. The lowest BCUT2D eigenvalue weighted by Gasteiger charge is -2.10. The molecular formula is C15H22Cl2N2O2. The third-order valence-corrected chi connectivity index (χ3v) is 3.34. The highest BCUT2D eigenvalue weighted by Crippen LogP contribution is 2.20. The Hall–Kier alpha value is -0.970. The average Bonchev–Trinajstić information content (AvgIpc) is 2.40. The molecular weight excluding hydrogens is 311 g/mol. The lowest BCUT2D eigenvalue weighted by molar-refractivity contribution is 0.0774. The molecule has 0 aliphatic heterocycles. The zero-order valence-electron chi connectivity index (χ0n) is 12.4. The largest absolute Gasteiger partial charge is 0.379 e. The molecule has 1 rings (SSSR count). The molecule has 0 atom stereocenters. The van der Waals surface area contributed by atoms with E-state index < -0.39 is 0 Å². The second kappa shape index (κ2) is 9.87. The molecule has 2 N–H and O–H groups in total. The van der Waals surface area contributed by atoms with Gasteiger partial charge in [-0.1, -0.05) is 29.3 Å². The molecule has 0 fully saturated rings. The van der Waals surface area contributed by atoms with Crippen LogP contribution >= 0.6 is 23.2 Å². The Labute approximate surface area is 136 Å². The normalized spacial score (nSPS) is 10.7. The number of urea groups is 1. The summed E-state index contributed by atoms with van der Waals surface area (Å²) in [5.41, 5.74) is 0.965. The Morgan fingerprint density at radius 3 is 2.62 bits per heavy atom. The fourth-order valence-electron chi connectivity index (χ4n) is 1.69. The second-order valence-electron chi connectivity index (χ2n) is 4.94. The second-order valence-corrected chi connectivity index (χ2v) is 5.79. The smallest absolute Gasteiger partial charge is 0.314 e. The fraction of sp³-hybridized carbons (Fsp3) is 0.533. The molecule has 1 aromatic carbocycles. The highest BCUT2D eigenvalue weighted by Gasteiger charge is 2.03. The molecule has 0 bridgehead atoms. The molecule has 0 aliphatic carbocycles. The molecule has 0 aliphatic rings. The van der Waals surface area contributed by atoms with Crippen molar-refractivity contribution >= 4 is 29.2 Å². The molecule has 0 unspecified atom stereocenters. The summed E-state index contributed by atoms with van der Waals surface area (Å²) in [5.74, 6) is 0. The Balaban J connectivity index is 2.13. The summed E-state index contributed by atoms with van der Waals surface area (Å²) in [6.45, 7) is 5.75. The summed E-state index contributed by atoms with van der Waals surface area (Å²) in [5, 5.41) is 6.80. The lowest BCUT2D eigenvalue weighted by Crippen LogP contribution is -2.37. The minimum Gasteiger partial charge on any atom is -0.379 e. The zero-order chi connectivity index (χ0) is 15.7. The van der Waals surface area contributed by atoms with Crippen molar-refractivity contribution < 1.29 is 9.53 Å². The lowest BCUT2D eigenvalue weighted by atomic mass is 10.1. The van der Waals surface area contributed by atoms with Crippen LogP contribution in [-0.2, 0) is 11.2 Å². The first-order valence-electron chi connectivity index (χ1n) is 7.06. The average molecular weight is 333 g/mol. The van der Waals surface area contributed by atoms with E-state index in [4.69, 9.17) is 27.9 Å². The summed E-state index contributed by atoms with van der Waals surface area (Å²) in [7, 11) is 0. The third kappa shape index (κ3) is 8.15. The van der Waals surface area contributed by atoms with E-state index in [1.54, 1.807) is 12.1 Å². The number of nitrogens with one attached hydrogen (secondary N) is 2. The maximum atomic E-state index is 11.6. The Morgan fingerprint density at radius 2 is 1.95 bits per heavy atom. The van der Waals surface area contributed by atoms with Crippen molar-refractivity contribution in [2.24, 2.45) is 0 Å². The van der Waals surface area contributed by atoms with Gasteiger partial charge in [-0.25, -0.2) is 4.79 Å². The highest BCUT2D eigenvalue weighted by molar-refractivity contribution is 6.35. The van der Waals surface area contributed by atoms with Crippen molar-refractivity contribution in [1.29, 1.82) is 0 Å². The molecule has 1 aromatic rings. The number of hydrogen-bond donors (Lipinski definition) is 2. The Bertz CT molecular complexity index is 453. The molecule has 0 saturated heterocycles. The number of carbonyl (C=O) groups excluding carboxylic acids is 1. The van der Waals surface area contributed by atoms with Gasteiger partial charge < -0.3 is 15.4 Å². The SMILES string of the molecule is CC(C)OCCCNC(=O)NCCc1ccc(Cl)cc1Cl. The molecule has 0 aromatic heterocycles. The minimum absolute atomic E-state index is 0.176. The van der Waals surface area contributed by atoms with Crippen LogP contribution < -0.4 is 10.6 Å². The first kappa shape index (κ1) is 18.1. The van der Waals surface area contributed by atoms with Crippen molar-refractivity contribution in [2.75, 3.05) is 19.7 Å². The van der Waals surface area contributed by atoms with Crippen molar-refractivity contribution in [2.45, 2.75) is 32.8 Å². The van der Waals surface area contributed by atoms with Crippen molar-refractivity contribution in [3.8, 4) is 0 Å². The summed E-state index contributed by atoms with van der Waals surface area (Å²) < 4.78 is 5.39. The summed E-state index contributed by atoms with van der Waals surface area (Å²) >= 11 is 11.9. The van der Waals surface area contributed by atoms with Crippen LogP contribution in [0.4, 0.5) is 4.79 Å². The highest BCUT2D eigenvalue weighted by atomic mass is 35.5. The van der Waals surface area contributed by atoms with E-state index in [1.807, 2.05) is 19.9 Å². The van der Waals surface area contributed by atoms with Gasteiger partial charge in [0.25, 0.3) is 0 Å². The number of halogens is 2. The van der Waals surface area contributed by atoms with Gasteiger partial charge in [0.1, 0.15) is 0 Å². The molecule has 6 heteroatoms. The van der Waals surface area contributed by atoms with E-state index in [9.17, 15) is 4.79 Å². The Morgan fingerprint density at radius 1 is 1.24 bits per heavy atom. The molecule has 0 heterocycles. The predicted molar refractivity (Wildman–Crippen MR) is 87.3 cm³/mol. The van der Waals surface area contributed by atoms with Gasteiger partial charge in [0, 0.05) is 29.7 Å². The molecule has 21 heavy (non-hydrogen) atoms. The van der Waals surface area contributed by atoms with Gasteiger partial charge in [-0.3, -0.25) is 0 Å².